The van der Waals surface area contributed by atoms with Gasteiger partial charge in [-0.25, -0.2) is 0 Å². The molecule has 96 valence electrons. The highest BCUT2D eigenvalue weighted by molar-refractivity contribution is 5.61. The number of hydrogen-bond acceptors (Lipinski definition) is 4. The van der Waals surface area contributed by atoms with Gasteiger partial charge in [-0.15, -0.1) is 0 Å². The molecule has 5 nitrogen and oxygen atoms in total. The third-order valence-corrected chi connectivity index (χ3v) is 2.06. The van der Waals surface area contributed by atoms with Gasteiger partial charge in [-0.2, -0.15) is 18.4 Å². The number of nitrogens with zero attached hydrogens (tertiary/aromatic N) is 2. The summed E-state index contributed by atoms with van der Waals surface area (Å²) in [7, 11) is 0. The molecule has 0 unspecified atom stereocenters. The van der Waals surface area contributed by atoms with Crippen molar-refractivity contribution in [2.24, 2.45) is 0 Å². The summed E-state index contributed by atoms with van der Waals surface area (Å²) >= 11 is 0. The Morgan fingerprint density at radius 3 is 2.61 bits per heavy atom. The van der Waals surface area contributed by atoms with Crippen molar-refractivity contribution < 1.29 is 18.1 Å². The summed E-state index contributed by atoms with van der Waals surface area (Å²) in [6, 6.07) is 5.04. The maximum Gasteiger partial charge on any atom is 0.390 e. The number of nitro groups is 1. The van der Waals surface area contributed by atoms with Crippen molar-refractivity contribution in [1.29, 1.82) is 5.26 Å². The molecule has 0 aliphatic carbocycles. The average molecular weight is 259 g/mol. The molecule has 18 heavy (non-hydrogen) atoms. The van der Waals surface area contributed by atoms with Crippen LogP contribution in [-0.2, 0) is 0 Å². The number of benzene rings is 1. The Kier molecular flexibility index (Phi) is 4.09. The van der Waals surface area contributed by atoms with Gasteiger partial charge in [0.2, 0.25) is 0 Å². The van der Waals surface area contributed by atoms with E-state index in [1.54, 1.807) is 6.07 Å². The van der Waals surface area contributed by atoms with Gasteiger partial charge >= 0.3 is 6.18 Å². The van der Waals surface area contributed by atoms with E-state index in [4.69, 9.17) is 5.26 Å². The van der Waals surface area contributed by atoms with E-state index >= 15 is 0 Å². The molecular weight excluding hydrogens is 251 g/mol. The highest BCUT2D eigenvalue weighted by Gasteiger charge is 2.26. The van der Waals surface area contributed by atoms with Crippen molar-refractivity contribution >= 4 is 11.4 Å². The SMILES string of the molecule is N#Cc1cc([N+](=O)[O-])ccc1NCCC(F)(F)F. The number of anilines is 1. The van der Waals surface area contributed by atoms with Gasteiger partial charge in [0.25, 0.3) is 5.69 Å². The lowest BCUT2D eigenvalue weighted by Crippen LogP contribution is -2.15. The zero-order valence-electron chi connectivity index (χ0n) is 8.99. The Morgan fingerprint density at radius 2 is 2.11 bits per heavy atom. The van der Waals surface area contributed by atoms with Crippen molar-refractivity contribution in [3.63, 3.8) is 0 Å². The van der Waals surface area contributed by atoms with E-state index in [2.05, 4.69) is 5.32 Å². The van der Waals surface area contributed by atoms with E-state index < -0.39 is 24.1 Å². The summed E-state index contributed by atoms with van der Waals surface area (Å²) in [6.45, 7) is -0.393. The summed E-state index contributed by atoms with van der Waals surface area (Å²) in [5.74, 6) is 0. The third-order valence-electron chi connectivity index (χ3n) is 2.06. The number of halogens is 3. The predicted molar refractivity (Wildman–Crippen MR) is 57.0 cm³/mol. The van der Waals surface area contributed by atoms with Gasteiger partial charge in [-0.3, -0.25) is 10.1 Å². The molecule has 0 saturated carbocycles. The maximum atomic E-state index is 11.9. The van der Waals surface area contributed by atoms with Crippen LogP contribution in [0.15, 0.2) is 18.2 Å². The predicted octanol–water partition coefficient (Wildman–Crippen LogP) is 2.83. The van der Waals surface area contributed by atoms with E-state index in [0.717, 1.165) is 12.1 Å². The van der Waals surface area contributed by atoms with Gasteiger partial charge in [-0.1, -0.05) is 0 Å². The number of rotatable bonds is 4. The van der Waals surface area contributed by atoms with Crippen molar-refractivity contribution in [1.82, 2.24) is 0 Å². The van der Waals surface area contributed by atoms with Crippen LogP contribution in [0.5, 0.6) is 0 Å². The third kappa shape index (κ3) is 3.93. The monoisotopic (exact) mass is 259 g/mol. The molecule has 0 aliphatic rings. The number of nitriles is 1. The average Bonchev–Trinajstić information content (AvgIpc) is 2.27. The Balaban J connectivity index is 2.78. The second-order valence-corrected chi connectivity index (χ2v) is 3.39. The van der Waals surface area contributed by atoms with Crippen molar-refractivity contribution in [2.75, 3.05) is 11.9 Å². The zero-order chi connectivity index (χ0) is 13.8. The van der Waals surface area contributed by atoms with E-state index in [1.807, 2.05) is 0 Å². The number of alkyl halides is 3. The second-order valence-electron chi connectivity index (χ2n) is 3.39. The number of nitro benzene ring substituents is 1. The quantitative estimate of drug-likeness (QED) is 0.666. The standard InChI is InChI=1S/C10H8F3N3O2/c11-10(12,13)3-4-15-9-2-1-8(16(17)18)5-7(9)6-14/h1-2,5,15H,3-4H2. The first-order valence-corrected chi connectivity index (χ1v) is 4.82. The number of non-ortho nitro benzene ring substituents is 1. The van der Waals surface area contributed by atoms with Crippen LogP contribution in [0.3, 0.4) is 0 Å². The van der Waals surface area contributed by atoms with Crippen LogP contribution >= 0.6 is 0 Å². The molecule has 0 aliphatic heterocycles. The Labute approximate surface area is 100.0 Å². The fourth-order valence-corrected chi connectivity index (χ4v) is 1.23. The minimum Gasteiger partial charge on any atom is -0.384 e. The highest BCUT2D eigenvalue weighted by atomic mass is 19.4. The van der Waals surface area contributed by atoms with Crippen LogP contribution in [-0.4, -0.2) is 17.6 Å². The van der Waals surface area contributed by atoms with Crippen LogP contribution in [0.4, 0.5) is 24.5 Å². The number of nitrogens with one attached hydrogen (secondary N) is 1. The zero-order valence-corrected chi connectivity index (χ0v) is 8.99. The second kappa shape index (κ2) is 5.35. The summed E-state index contributed by atoms with van der Waals surface area (Å²) in [4.78, 5) is 9.77. The summed E-state index contributed by atoms with van der Waals surface area (Å²) in [5.41, 5.74) is -0.202. The fourth-order valence-electron chi connectivity index (χ4n) is 1.23. The van der Waals surface area contributed by atoms with Crippen LogP contribution in [0, 0.1) is 21.4 Å². The lowest BCUT2D eigenvalue weighted by Gasteiger charge is -2.09. The molecule has 0 bridgehead atoms. The summed E-state index contributed by atoms with van der Waals surface area (Å²) in [5, 5.41) is 21.6. The Morgan fingerprint density at radius 1 is 1.44 bits per heavy atom. The van der Waals surface area contributed by atoms with Gasteiger partial charge in [0.15, 0.2) is 0 Å². The molecule has 1 rings (SSSR count). The van der Waals surface area contributed by atoms with E-state index in [-0.39, 0.29) is 16.9 Å². The first-order chi connectivity index (χ1) is 8.33. The lowest BCUT2D eigenvalue weighted by atomic mass is 10.1. The largest absolute Gasteiger partial charge is 0.390 e. The summed E-state index contributed by atoms with van der Waals surface area (Å²) < 4.78 is 35.7. The minimum absolute atomic E-state index is 0.0635. The highest BCUT2D eigenvalue weighted by Crippen LogP contribution is 2.23. The minimum atomic E-state index is -4.29. The molecule has 1 aromatic carbocycles. The molecule has 1 N–H and O–H groups in total. The van der Waals surface area contributed by atoms with Crippen LogP contribution < -0.4 is 5.32 Å². The molecule has 0 aromatic heterocycles. The molecule has 0 radical (unpaired) electrons. The normalized spacial score (nSPS) is 10.8. The first kappa shape index (κ1) is 13.8. The molecule has 0 atom stereocenters. The molecule has 0 fully saturated rings. The van der Waals surface area contributed by atoms with Crippen LogP contribution in [0.1, 0.15) is 12.0 Å². The van der Waals surface area contributed by atoms with Gasteiger partial charge in [0.05, 0.1) is 22.6 Å². The molecule has 0 heterocycles. The topological polar surface area (TPSA) is 79.0 Å². The van der Waals surface area contributed by atoms with Crippen LogP contribution in [0.2, 0.25) is 0 Å². The van der Waals surface area contributed by atoms with E-state index in [1.165, 1.54) is 6.07 Å². The van der Waals surface area contributed by atoms with Gasteiger partial charge in [0, 0.05) is 18.7 Å². The van der Waals surface area contributed by atoms with Crippen molar-refractivity contribution in [3.8, 4) is 6.07 Å². The molecular formula is C10H8F3N3O2. The molecule has 0 saturated heterocycles. The molecule has 0 amide bonds. The van der Waals surface area contributed by atoms with Crippen molar-refractivity contribution in [3.05, 3.63) is 33.9 Å². The first-order valence-electron chi connectivity index (χ1n) is 4.82. The summed E-state index contributed by atoms with van der Waals surface area (Å²) in [6.07, 6.45) is -5.34. The molecule has 1 aromatic rings. The molecule has 0 spiro atoms. The Bertz CT molecular complexity index is 494. The Hall–Kier alpha value is -2.30. The van der Waals surface area contributed by atoms with Gasteiger partial charge in [-0.05, 0) is 6.07 Å². The van der Waals surface area contributed by atoms with E-state index in [9.17, 15) is 23.3 Å². The van der Waals surface area contributed by atoms with Gasteiger partial charge in [0.1, 0.15) is 6.07 Å². The fraction of sp³-hybridized carbons (Fsp3) is 0.300. The van der Waals surface area contributed by atoms with Crippen LogP contribution in [0.25, 0.3) is 0 Å². The number of hydrogen-bond donors (Lipinski definition) is 1. The smallest absolute Gasteiger partial charge is 0.384 e. The lowest BCUT2D eigenvalue weighted by molar-refractivity contribution is -0.384. The van der Waals surface area contributed by atoms with Gasteiger partial charge < -0.3 is 5.32 Å². The molecule has 8 heteroatoms. The van der Waals surface area contributed by atoms with E-state index in [0.29, 0.717) is 0 Å². The van der Waals surface area contributed by atoms with Crippen molar-refractivity contribution in [2.45, 2.75) is 12.6 Å². The maximum absolute atomic E-state index is 11.9.